The van der Waals surface area contributed by atoms with Crippen molar-refractivity contribution >= 4 is 21.7 Å². The molecule has 1 rings (SSSR count). The Kier molecular flexibility index (Phi) is 5.52. The van der Waals surface area contributed by atoms with E-state index in [1.807, 2.05) is 20.8 Å². The van der Waals surface area contributed by atoms with Gasteiger partial charge >= 0.3 is 0 Å². The van der Waals surface area contributed by atoms with Crippen molar-refractivity contribution in [2.75, 3.05) is 20.7 Å². The van der Waals surface area contributed by atoms with Gasteiger partial charge in [0, 0.05) is 11.0 Å². The third-order valence-corrected chi connectivity index (χ3v) is 4.50. The summed E-state index contributed by atoms with van der Waals surface area (Å²) in [7, 11) is 3.23. The molecule has 1 aromatic carbocycles. The number of aliphatic hydroxyl groups excluding tert-OH is 1. The van der Waals surface area contributed by atoms with E-state index in [2.05, 4.69) is 21.2 Å². The molecular formula is C14H20BrNO3. The van der Waals surface area contributed by atoms with Gasteiger partial charge in [0.1, 0.15) is 11.9 Å². The van der Waals surface area contributed by atoms with Crippen LogP contribution in [-0.2, 0) is 0 Å². The van der Waals surface area contributed by atoms with Crippen molar-refractivity contribution < 1.29 is 14.6 Å². The monoisotopic (exact) mass is 329 g/mol. The first-order chi connectivity index (χ1) is 8.86. The first-order valence-electron chi connectivity index (χ1n) is 6.06. The van der Waals surface area contributed by atoms with Gasteiger partial charge in [-0.3, -0.25) is 4.79 Å². The molecule has 19 heavy (non-hydrogen) atoms. The summed E-state index contributed by atoms with van der Waals surface area (Å²) in [5, 5.41) is 12.7. The van der Waals surface area contributed by atoms with Gasteiger partial charge in [0.25, 0.3) is 0 Å². The predicted molar refractivity (Wildman–Crippen MR) is 79.2 cm³/mol. The van der Waals surface area contributed by atoms with E-state index >= 15 is 0 Å². The maximum atomic E-state index is 12.4. The van der Waals surface area contributed by atoms with Crippen LogP contribution < -0.4 is 10.1 Å². The van der Waals surface area contributed by atoms with Gasteiger partial charge in [-0.2, -0.15) is 0 Å². The Hall–Kier alpha value is -0.910. The van der Waals surface area contributed by atoms with E-state index in [9.17, 15) is 9.90 Å². The van der Waals surface area contributed by atoms with Crippen LogP contribution in [0, 0.1) is 20.8 Å². The maximum Gasteiger partial charge on any atom is 0.196 e. The van der Waals surface area contributed by atoms with Gasteiger partial charge in [-0.15, -0.1) is 0 Å². The van der Waals surface area contributed by atoms with Crippen LogP contribution in [0.3, 0.4) is 0 Å². The van der Waals surface area contributed by atoms with Crippen molar-refractivity contribution in [1.82, 2.24) is 5.32 Å². The molecule has 0 heterocycles. The van der Waals surface area contributed by atoms with Crippen molar-refractivity contribution in [3.05, 3.63) is 26.7 Å². The smallest absolute Gasteiger partial charge is 0.196 e. The molecule has 4 nitrogen and oxygen atoms in total. The quantitative estimate of drug-likeness (QED) is 0.812. The number of rotatable bonds is 5. The molecule has 0 amide bonds. The number of ketones is 1. The zero-order valence-electron chi connectivity index (χ0n) is 11.9. The standard InChI is InChI=1S/C14H20BrNO3/c1-7-8(2)14(19-5)11(9(3)12(7)15)13(18)10(17)6-16-4/h10,16-17H,6H2,1-5H3. The number of halogens is 1. The first-order valence-corrected chi connectivity index (χ1v) is 6.86. The van der Waals surface area contributed by atoms with Gasteiger partial charge in [-0.25, -0.2) is 0 Å². The van der Waals surface area contributed by atoms with E-state index in [-0.39, 0.29) is 12.3 Å². The molecule has 1 unspecified atom stereocenters. The number of Topliss-reactive ketones (excluding diaryl/α,β-unsaturated/α-hetero) is 1. The largest absolute Gasteiger partial charge is 0.496 e. The van der Waals surface area contributed by atoms with Crippen molar-refractivity contribution in [2.45, 2.75) is 26.9 Å². The highest BCUT2D eigenvalue weighted by Crippen LogP contribution is 2.36. The lowest BCUT2D eigenvalue weighted by Crippen LogP contribution is -2.32. The van der Waals surface area contributed by atoms with Crippen LogP contribution in [0.1, 0.15) is 27.0 Å². The fourth-order valence-corrected chi connectivity index (χ4v) is 2.58. The molecule has 5 heteroatoms. The minimum Gasteiger partial charge on any atom is -0.496 e. The van der Waals surface area contributed by atoms with Crippen molar-refractivity contribution in [2.24, 2.45) is 0 Å². The zero-order valence-corrected chi connectivity index (χ0v) is 13.5. The van der Waals surface area contributed by atoms with Crippen molar-refractivity contribution in [1.29, 1.82) is 0 Å². The fraction of sp³-hybridized carbons (Fsp3) is 0.500. The Morgan fingerprint density at radius 3 is 2.37 bits per heavy atom. The van der Waals surface area contributed by atoms with E-state index < -0.39 is 6.10 Å². The number of nitrogens with one attached hydrogen (secondary N) is 1. The summed E-state index contributed by atoms with van der Waals surface area (Å²) in [6.07, 6.45) is -1.08. The topological polar surface area (TPSA) is 58.6 Å². The van der Waals surface area contributed by atoms with E-state index in [0.717, 1.165) is 21.2 Å². The predicted octanol–water partition coefficient (Wildman–Crippen LogP) is 2.15. The van der Waals surface area contributed by atoms with Gasteiger partial charge in [-0.05, 0) is 44.5 Å². The highest BCUT2D eigenvalue weighted by Gasteiger charge is 2.26. The third-order valence-electron chi connectivity index (χ3n) is 3.31. The number of ether oxygens (including phenoxy) is 1. The Labute approximate surface area is 122 Å². The summed E-state index contributed by atoms with van der Waals surface area (Å²) >= 11 is 3.50. The SMILES string of the molecule is CNCC(O)C(=O)c1c(C)c(Br)c(C)c(C)c1OC. The Balaban J connectivity index is 3.46. The Morgan fingerprint density at radius 1 is 1.32 bits per heavy atom. The zero-order chi connectivity index (χ0) is 14.7. The minimum absolute atomic E-state index is 0.214. The molecule has 0 saturated carbocycles. The van der Waals surface area contributed by atoms with Crippen LogP contribution >= 0.6 is 15.9 Å². The van der Waals surface area contributed by atoms with Crippen LogP contribution in [0.25, 0.3) is 0 Å². The molecule has 0 aliphatic heterocycles. The van der Waals surface area contributed by atoms with Gasteiger partial charge in [0.15, 0.2) is 5.78 Å². The Bertz CT molecular complexity index is 500. The number of benzene rings is 1. The number of methoxy groups -OCH3 is 1. The summed E-state index contributed by atoms with van der Waals surface area (Å²) in [6, 6.07) is 0. The summed E-state index contributed by atoms with van der Waals surface area (Å²) in [4.78, 5) is 12.4. The summed E-state index contributed by atoms with van der Waals surface area (Å²) in [5.74, 6) is 0.214. The van der Waals surface area contributed by atoms with Gasteiger partial charge in [0.2, 0.25) is 0 Å². The van der Waals surface area contributed by atoms with E-state index in [1.54, 1.807) is 7.05 Å². The average Bonchev–Trinajstić information content (AvgIpc) is 2.39. The number of carbonyl (C=O) groups excluding carboxylic acids is 1. The molecular weight excluding hydrogens is 310 g/mol. The molecule has 0 fully saturated rings. The van der Waals surface area contributed by atoms with E-state index in [0.29, 0.717) is 11.3 Å². The number of likely N-dealkylation sites (N-methyl/N-ethyl adjacent to an activating group) is 1. The highest BCUT2D eigenvalue weighted by atomic mass is 79.9. The molecule has 0 aliphatic carbocycles. The molecule has 0 spiro atoms. The number of hydrogen-bond donors (Lipinski definition) is 2. The molecule has 0 bridgehead atoms. The molecule has 1 atom stereocenters. The second-order valence-electron chi connectivity index (χ2n) is 4.53. The van der Waals surface area contributed by atoms with Crippen molar-refractivity contribution in [3.63, 3.8) is 0 Å². The first kappa shape index (κ1) is 16.1. The number of hydrogen-bond acceptors (Lipinski definition) is 4. The molecule has 106 valence electrons. The van der Waals surface area contributed by atoms with Crippen LogP contribution in [-0.4, -0.2) is 37.7 Å². The lowest BCUT2D eigenvalue weighted by Gasteiger charge is -2.19. The number of aliphatic hydroxyl groups is 1. The second-order valence-corrected chi connectivity index (χ2v) is 5.33. The van der Waals surface area contributed by atoms with Crippen LogP contribution in [0.4, 0.5) is 0 Å². The lowest BCUT2D eigenvalue weighted by molar-refractivity contribution is 0.0746. The second kappa shape index (κ2) is 6.50. The fourth-order valence-electron chi connectivity index (χ4n) is 2.09. The lowest BCUT2D eigenvalue weighted by atomic mass is 9.94. The molecule has 0 aromatic heterocycles. The van der Waals surface area contributed by atoms with E-state index in [1.165, 1.54) is 7.11 Å². The molecule has 0 radical (unpaired) electrons. The van der Waals surface area contributed by atoms with Gasteiger partial charge in [-0.1, -0.05) is 15.9 Å². The molecule has 2 N–H and O–H groups in total. The molecule has 0 aliphatic rings. The average molecular weight is 330 g/mol. The van der Waals surface area contributed by atoms with Crippen LogP contribution in [0.5, 0.6) is 5.75 Å². The van der Waals surface area contributed by atoms with Gasteiger partial charge < -0.3 is 15.2 Å². The molecule has 0 saturated heterocycles. The summed E-state index contributed by atoms with van der Waals surface area (Å²) in [6.45, 7) is 5.93. The molecule has 1 aromatic rings. The Morgan fingerprint density at radius 2 is 1.89 bits per heavy atom. The normalized spacial score (nSPS) is 12.4. The van der Waals surface area contributed by atoms with Gasteiger partial charge in [0.05, 0.1) is 12.7 Å². The summed E-state index contributed by atoms with van der Waals surface area (Å²) < 4.78 is 6.25. The van der Waals surface area contributed by atoms with Crippen LogP contribution in [0.15, 0.2) is 4.47 Å². The van der Waals surface area contributed by atoms with E-state index in [4.69, 9.17) is 4.74 Å². The number of carbonyl (C=O) groups is 1. The highest BCUT2D eigenvalue weighted by molar-refractivity contribution is 9.10. The van der Waals surface area contributed by atoms with Crippen LogP contribution in [0.2, 0.25) is 0 Å². The maximum absolute atomic E-state index is 12.4. The third kappa shape index (κ3) is 2.99. The minimum atomic E-state index is -1.08. The summed E-state index contributed by atoms with van der Waals surface area (Å²) in [5.41, 5.74) is 3.18. The van der Waals surface area contributed by atoms with Crippen molar-refractivity contribution in [3.8, 4) is 5.75 Å².